The van der Waals surface area contributed by atoms with Gasteiger partial charge in [-0.1, -0.05) is 133 Å². The number of nitrogens with zero attached hydrogens (tertiary/aromatic N) is 5. The van der Waals surface area contributed by atoms with Crippen molar-refractivity contribution in [3.05, 3.63) is 176 Å². The second-order valence-electron chi connectivity index (χ2n) is 13.5. The topological polar surface area (TPSA) is 56.5 Å². The zero-order valence-corrected chi connectivity index (χ0v) is 28.5. The summed E-state index contributed by atoms with van der Waals surface area (Å²) in [6.07, 6.45) is 0. The van der Waals surface area contributed by atoms with Crippen LogP contribution in [0.25, 0.3) is 105 Å². The van der Waals surface area contributed by atoms with Gasteiger partial charge in [0.1, 0.15) is 0 Å². The Balaban J connectivity index is 1.23. The van der Waals surface area contributed by atoms with Gasteiger partial charge in [-0.3, -0.25) is 0 Å². The summed E-state index contributed by atoms with van der Waals surface area (Å²) in [7, 11) is 0. The van der Waals surface area contributed by atoms with E-state index >= 15 is 0 Å². The Kier molecular flexibility index (Phi) is 6.48. The van der Waals surface area contributed by atoms with E-state index in [-0.39, 0.29) is 0 Å². The first-order valence-electron chi connectivity index (χ1n) is 17.8. The van der Waals surface area contributed by atoms with E-state index in [1.54, 1.807) is 0 Å². The normalized spacial score (nSPS) is 11.8. The van der Waals surface area contributed by atoms with E-state index in [0.29, 0.717) is 11.6 Å². The molecule has 0 fully saturated rings. The van der Waals surface area contributed by atoms with E-state index in [9.17, 15) is 0 Å². The van der Waals surface area contributed by atoms with Crippen molar-refractivity contribution >= 4 is 54.4 Å². The van der Waals surface area contributed by atoms with Crippen LogP contribution < -0.4 is 0 Å². The third-order valence-corrected chi connectivity index (χ3v) is 10.3. The Hall–Kier alpha value is -7.24. The lowest BCUT2D eigenvalue weighted by atomic mass is 10.0. The minimum atomic E-state index is 0.642. The van der Waals surface area contributed by atoms with Crippen LogP contribution in [0.1, 0.15) is 0 Å². The molecule has 3 aromatic heterocycles. The third-order valence-electron chi connectivity index (χ3n) is 10.3. The predicted molar refractivity (Wildman–Crippen MR) is 217 cm³/mol. The van der Waals surface area contributed by atoms with Crippen LogP contribution in [-0.2, 0) is 0 Å². The lowest BCUT2D eigenvalue weighted by Crippen LogP contribution is -2.01. The molecular formula is C48H29N5. The number of hydrogen-bond donors (Lipinski definition) is 0. The highest BCUT2D eigenvalue weighted by atomic mass is 15.0. The molecule has 11 aromatic rings. The summed E-state index contributed by atoms with van der Waals surface area (Å²) >= 11 is 0. The molecule has 0 aliphatic carbocycles. The fourth-order valence-corrected chi connectivity index (χ4v) is 7.94. The first-order valence-corrected chi connectivity index (χ1v) is 17.8. The standard InChI is InChI=1S/C48H29N5/c1-3-13-32(14-4-1)45-37-19-7-9-21-39(37)49-47(51-45)34-27-35(48-50-40-22-10-8-20-38(40)46(52-48)33-15-5-2-6-16-33)29-36(28-34)53-41-23-11-17-30-25-26-31-18-12-24-42(53)44(31)43(30)41/h1-29H. The van der Waals surface area contributed by atoms with Gasteiger partial charge in [-0.2, -0.15) is 0 Å². The molecule has 5 heteroatoms. The van der Waals surface area contributed by atoms with Crippen molar-refractivity contribution in [2.75, 3.05) is 0 Å². The summed E-state index contributed by atoms with van der Waals surface area (Å²) in [5.74, 6) is 1.28. The van der Waals surface area contributed by atoms with Crippen molar-refractivity contribution in [3.8, 4) is 51.0 Å². The SMILES string of the molecule is c1ccc(-c2nc(-c3cc(-c4nc(-c5ccccc5)c5ccccc5n4)cc(-n4c5cccc6ccc7cccc4c7c65)c3)nc3ccccc23)cc1. The second kappa shape index (κ2) is 11.7. The van der Waals surface area contributed by atoms with Crippen LogP contribution in [0.4, 0.5) is 0 Å². The summed E-state index contributed by atoms with van der Waals surface area (Å²) in [4.78, 5) is 21.0. The van der Waals surface area contributed by atoms with Crippen molar-refractivity contribution in [1.82, 2.24) is 24.5 Å². The van der Waals surface area contributed by atoms with Crippen LogP contribution in [0.5, 0.6) is 0 Å². The van der Waals surface area contributed by atoms with Crippen LogP contribution in [-0.4, -0.2) is 24.5 Å². The molecule has 8 aromatic carbocycles. The van der Waals surface area contributed by atoms with Gasteiger partial charge < -0.3 is 4.57 Å². The zero-order valence-electron chi connectivity index (χ0n) is 28.5. The minimum absolute atomic E-state index is 0.642. The molecule has 0 aliphatic rings. The highest BCUT2D eigenvalue weighted by molar-refractivity contribution is 6.24. The van der Waals surface area contributed by atoms with Crippen LogP contribution in [0.3, 0.4) is 0 Å². The lowest BCUT2D eigenvalue weighted by Gasteiger charge is -2.15. The average molecular weight is 676 g/mol. The highest BCUT2D eigenvalue weighted by Gasteiger charge is 2.20. The number of rotatable bonds is 5. The van der Waals surface area contributed by atoms with Crippen molar-refractivity contribution in [2.45, 2.75) is 0 Å². The van der Waals surface area contributed by atoms with Crippen LogP contribution >= 0.6 is 0 Å². The molecule has 0 amide bonds. The van der Waals surface area contributed by atoms with E-state index in [2.05, 4.69) is 144 Å². The number of benzene rings is 8. The Morgan fingerprint density at radius 1 is 0.340 bits per heavy atom. The molecule has 0 saturated carbocycles. The number of para-hydroxylation sites is 2. The number of fused-ring (bicyclic) bond motifs is 2. The molecule has 0 N–H and O–H groups in total. The lowest BCUT2D eigenvalue weighted by molar-refractivity contribution is 1.16. The molecule has 11 rings (SSSR count). The Morgan fingerprint density at radius 2 is 0.792 bits per heavy atom. The largest absolute Gasteiger partial charge is 0.309 e. The number of aromatic nitrogens is 5. The highest BCUT2D eigenvalue weighted by Crippen LogP contribution is 2.41. The van der Waals surface area contributed by atoms with Crippen molar-refractivity contribution < 1.29 is 0 Å². The zero-order chi connectivity index (χ0) is 34.9. The maximum atomic E-state index is 5.31. The van der Waals surface area contributed by atoms with Gasteiger partial charge in [0.15, 0.2) is 11.6 Å². The number of hydrogen-bond acceptors (Lipinski definition) is 4. The van der Waals surface area contributed by atoms with E-state index in [0.717, 1.165) is 72.2 Å². The molecule has 0 spiro atoms. The molecule has 5 nitrogen and oxygen atoms in total. The molecule has 0 bridgehead atoms. The molecule has 0 radical (unpaired) electrons. The predicted octanol–water partition coefficient (Wildman–Crippen LogP) is 11.9. The molecular weight excluding hydrogens is 647 g/mol. The van der Waals surface area contributed by atoms with Crippen LogP contribution in [0, 0.1) is 0 Å². The summed E-state index contributed by atoms with van der Waals surface area (Å²) in [5, 5.41) is 6.98. The minimum Gasteiger partial charge on any atom is -0.309 e. The summed E-state index contributed by atoms with van der Waals surface area (Å²) in [6, 6.07) is 61.3. The Bertz CT molecular complexity index is 2960. The summed E-state index contributed by atoms with van der Waals surface area (Å²) < 4.78 is 2.37. The second-order valence-corrected chi connectivity index (χ2v) is 13.5. The van der Waals surface area contributed by atoms with Crippen LogP contribution in [0.2, 0.25) is 0 Å². The first-order chi connectivity index (χ1) is 26.3. The first kappa shape index (κ1) is 29.5. The monoisotopic (exact) mass is 675 g/mol. The van der Waals surface area contributed by atoms with Gasteiger partial charge in [0.25, 0.3) is 0 Å². The quantitative estimate of drug-likeness (QED) is 0.170. The Labute approximate surface area is 304 Å². The van der Waals surface area contributed by atoms with Crippen molar-refractivity contribution in [1.29, 1.82) is 0 Å². The van der Waals surface area contributed by atoms with E-state index in [1.165, 1.54) is 21.5 Å². The van der Waals surface area contributed by atoms with E-state index in [1.807, 2.05) is 36.4 Å². The summed E-state index contributed by atoms with van der Waals surface area (Å²) in [6.45, 7) is 0. The smallest absolute Gasteiger partial charge is 0.160 e. The molecule has 0 atom stereocenters. The summed E-state index contributed by atoms with van der Waals surface area (Å²) in [5.41, 5.74) is 10.7. The fraction of sp³-hybridized carbons (Fsp3) is 0. The maximum absolute atomic E-state index is 5.31. The molecule has 246 valence electrons. The van der Waals surface area contributed by atoms with Gasteiger partial charge in [0, 0.05) is 49.5 Å². The average Bonchev–Trinajstić information content (AvgIpc) is 3.58. The molecule has 53 heavy (non-hydrogen) atoms. The fourth-order valence-electron chi connectivity index (χ4n) is 7.94. The maximum Gasteiger partial charge on any atom is 0.160 e. The Morgan fingerprint density at radius 3 is 1.28 bits per heavy atom. The van der Waals surface area contributed by atoms with Gasteiger partial charge in [0.2, 0.25) is 0 Å². The molecule has 3 heterocycles. The van der Waals surface area contributed by atoms with Crippen molar-refractivity contribution in [2.24, 2.45) is 0 Å². The van der Waals surface area contributed by atoms with Gasteiger partial charge in [0.05, 0.1) is 33.5 Å². The van der Waals surface area contributed by atoms with E-state index in [4.69, 9.17) is 19.9 Å². The molecule has 0 unspecified atom stereocenters. The van der Waals surface area contributed by atoms with E-state index < -0.39 is 0 Å². The van der Waals surface area contributed by atoms with Crippen LogP contribution in [0.15, 0.2) is 176 Å². The molecule has 0 aliphatic heterocycles. The third kappa shape index (κ3) is 4.71. The van der Waals surface area contributed by atoms with Gasteiger partial charge >= 0.3 is 0 Å². The van der Waals surface area contributed by atoms with Gasteiger partial charge in [-0.15, -0.1) is 0 Å². The van der Waals surface area contributed by atoms with Gasteiger partial charge in [-0.05, 0) is 53.2 Å². The van der Waals surface area contributed by atoms with Crippen molar-refractivity contribution in [3.63, 3.8) is 0 Å². The van der Waals surface area contributed by atoms with Gasteiger partial charge in [-0.25, -0.2) is 19.9 Å². The molecule has 0 saturated heterocycles.